The molecule has 0 atom stereocenters. The zero-order chi connectivity index (χ0) is 13.8. The van der Waals surface area contributed by atoms with Crippen molar-refractivity contribution >= 4 is 5.91 Å². The van der Waals surface area contributed by atoms with Crippen molar-refractivity contribution in [3.8, 4) is 5.75 Å². The number of aromatic nitrogens is 1. The van der Waals surface area contributed by atoms with Gasteiger partial charge in [0.25, 0.3) is 5.91 Å². The van der Waals surface area contributed by atoms with E-state index in [1.807, 2.05) is 20.8 Å². The van der Waals surface area contributed by atoms with Crippen LogP contribution in [0.5, 0.6) is 5.75 Å². The van der Waals surface area contributed by atoms with Crippen molar-refractivity contribution in [3.05, 3.63) is 24.0 Å². The lowest BCUT2D eigenvalue weighted by Crippen LogP contribution is -2.42. The van der Waals surface area contributed by atoms with Crippen molar-refractivity contribution in [2.75, 3.05) is 19.6 Å². The van der Waals surface area contributed by atoms with Crippen LogP contribution in [0.25, 0.3) is 0 Å². The van der Waals surface area contributed by atoms with Crippen LogP contribution in [0.1, 0.15) is 31.3 Å². The van der Waals surface area contributed by atoms with Crippen molar-refractivity contribution in [2.24, 2.45) is 11.1 Å². The molecule has 0 fully saturated rings. The molecule has 0 bridgehead atoms. The highest BCUT2D eigenvalue weighted by Gasteiger charge is 2.25. The molecule has 100 valence electrons. The molecule has 0 saturated heterocycles. The number of amides is 1. The van der Waals surface area contributed by atoms with E-state index in [2.05, 4.69) is 4.98 Å². The molecule has 1 aromatic rings. The normalized spacial score (nSPS) is 11.3. The van der Waals surface area contributed by atoms with Crippen LogP contribution in [0.3, 0.4) is 0 Å². The van der Waals surface area contributed by atoms with Gasteiger partial charge < -0.3 is 15.7 Å². The molecule has 1 amide bonds. The van der Waals surface area contributed by atoms with Gasteiger partial charge in [-0.05, 0) is 31.0 Å². The van der Waals surface area contributed by atoms with Crippen molar-refractivity contribution in [3.63, 3.8) is 0 Å². The molecule has 0 aliphatic heterocycles. The molecular weight excluding hydrogens is 230 g/mol. The van der Waals surface area contributed by atoms with E-state index in [0.717, 1.165) is 0 Å². The molecular formula is C13H21N3O2. The fourth-order valence-corrected chi connectivity index (χ4v) is 1.62. The van der Waals surface area contributed by atoms with Gasteiger partial charge in [-0.2, -0.15) is 0 Å². The summed E-state index contributed by atoms with van der Waals surface area (Å²) in [5.41, 5.74) is 5.61. The first-order valence-corrected chi connectivity index (χ1v) is 6.04. The smallest absolute Gasteiger partial charge is 0.276 e. The Morgan fingerprint density at radius 1 is 1.56 bits per heavy atom. The van der Waals surface area contributed by atoms with Gasteiger partial charge in [-0.3, -0.25) is 4.79 Å². The highest BCUT2D eigenvalue weighted by Crippen LogP contribution is 2.19. The average molecular weight is 251 g/mol. The van der Waals surface area contributed by atoms with E-state index in [0.29, 0.717) is 19.6 Å². The third kappa shape index (κ3) is 3.43. The molecule has 1 aromatic heterocycles. The van der Waals surface area contributed by atoms with E-state index in [1.54, 1.807) is 11.0 Å². The van der Waals surface area contributed by atoms with Crippen LogP contribution >= 0.6 is 0 Å². The number of hydrogen-bond donors (Lipinski definition) is 2. The Morgan fingerprint density at radius 2 is 2.22 bits per heavy atom. The predicted octanol–water partition coefficient (Wildman–Crippen LogP) is 1.23. The van der Waals surface area contributed by atoms with E-state index in [-0.39, 0.29) is 22.8 Å². The van der Waals surface area contributed by atoms with Crippen LogP contribution < -0.4 is 5.73 Å². The third-order valence-corrected chi connectivity index (χ3v) is 2.83. The van der Waals surface area contributed by atoms with Crippen molar-refractivity contribution in [2.45, 2.75) is 20.8 Å². The number of rotatable bonds is 5. The van der Waals surface area contributed by atoms with Gasteiger partial charge in [0.1, 0.15) is 5.75 Å². The number of nitrogens with zero attached hydrogens (tertiary/aromatic N) is 2. The molecule has 1 rings (SSSR count). The van der Waals surface area contributed by atoms with Crippen LogP contribution in [0, 0.1) is 5.41 Å². The molecule has 5 nitrogen and oxygen atoms in total. The maximum absolute atomic E-state index is 12.3. The molecule has 0 spiro atoms. The molecule has 0 saturated carbocycles. The number of carbonyl (C=O) groups is 1. The van der Waals surface area contributed by atoms with Crippen molar-refractivity contribution in [1.29, 1.82) is 0 Å². The molecule has 0 aliphatic rings. The summed E-state index contributed by atoms with van der Waals surface area (Å²) in [4.78, 5) is 17.8. The Hall–Kier alpha value is -1.62. The zero-order valence-corrected chi connectivity index (χ0v) is 11.2. The predicted molar refractivity (Wildman–Crippen MR) is 70.3 cm³/mol. The maximum atomic E-state index is 12.3. The lowest BCUT2D eigenvalue weighted by atomic mass is 9.93. The second-order valence-electron chi connectivity index (χ2n) is 5.06. The second-order valence-corrected chi connectivity index (χ2v) is 5.06. The van der Waals surface area contributed by atoms with Crippen LogP contribution in [0.15, 0.2) is 18.3 Å². The monoisotopic (exact) mass is 251 g/mol. The summed E-state index contributed by atoms with van der Waals surface area (Å²) in [6.45, 7) is 7.48. The summed E-state index contributed by atoms with van der Waals surface area (Å²) in [6.07, 6.45) is 1.49. The van der Waals surface area contributed by atoms with E-state index >= 15 is 0 Å². The molecule has 1 heterocycles. The third-order valence-electron chi connectivity index (χ3n) is 2.83. The van der Waals surface area contributed by atoms with Gasteiger partial charge in [0.15, 0.2) is 5.69 Å². The van der Waals surface area contributed by atoms with Crippen LogP contribution in [-0.2, 0) is 0 Å². The lowest BCUT2D eigenvalue weighted by molar-refractivity contribution is 0.0691. The van der Waals surface area contributed by atoms with Gasteiger partial charge in [0.05, 0.1) is 0 Å². The van der Waals surface area contributed by atoms with Gasteiger partial charge in [-0.25, -0.2) is 4.98 Å². The van der Waals surface area contributed by atoms with E-state index in [9.17, 15) is 9.90 Å². The lowest BCUT2D eigenvalue weighted by Gasteiger charge is -2.30. The topological polar surface area (TPSA) is 79.5 Å². The minimum Gasteiger partial charge on any atom is -0.505 e. The second kappa shape index (κ2) is 5.82. The van der Waals surface area contributed by atoms with Crippen LogP contribution in [0.4, 0.5) is 0 Å². The summed E-state index contributed by atoms with van der Waals surface area (Å²) in [7, 11) is 0. The molecule has 18 heavy (non-hydrogen) atoms. The molecule has 5 heteroatoms. The van der Waals surface area contributed by atoms with E-state index < -0.39 is 0 Å². The standard InChI is InChI=1S/C13H21N3O2/c1-4-16(9-13(2,3)8-14)12(18)11-10(17)6-5-7-15-11/h5-7,17H,4,8-9,14H2,1-3H3. The number of nitrogens with two attached hydrogens (primary N) is 1. The molecule has 0 aliphatic carbocycles. The van der Waals surface area contributed by atoms with Gasteiger partial charge in [-0.15, -0.1) is 0 Å². The summed E-state index contributed by atoms with van der Waals surface area (Å²) in [5.74, 6) is -0.358. The summed E-state index contributed by atoms with van der Waals surface area (Å²) in [6, 6.07) is 3.05. The Bertz CT molecular complexity index is 418. The first kappa shape index (κ1) is 14.4. The highest BCUT2D eigenvalue weighted by molar-refractivity contribution is 5.94. The fourth-order valence-electron chi connectivity index (χ4n) is 1.62. The van der Waals surface area contributed by atoms with Crippen molar-refractivity contribution < 1.29 is 9.90 Å². The Labute approximate surface area is 108 Å². The minimum atomic E-state index is -0.267. The van der Waals surface area contributed by atoms with Gasteiger partial charge in [0, 0.05) is 19.3 Å². The van der Waals surface area contributed by atoms with Gasteiger partial charge >= 0.3 is 0 Å². The summed E-state index contributed by atoms with van der Waals surface area (Å²) >= 11 is 0. The molecule has 3 N–H and O–H groups in total. The van der Waals surface area contributed by atoms with E-state index in [4.69, 9.17) is 5.73 Å². The summed E-state index contributed by atoms with van der Waals surface area (Å²) < 4.78 is 0. The van der Waals surface area contributed by atoms with E-state index in [1.165, 1.54) is 12.3 Å². The largest absolute Gasteiger partial charge is 0.505 e. The SMILES string of the molecule is CCN(CC(C)(C)CN)C(=O)c1ncccc1O. The number of carbonyl (C=O) groups excluding carboxylic acids is 1. The van der Waals surface area contributed by atoms with Gasteiger partial charge in [0.2, 0.25) is 0 Å². The quantitative estimate of drug-likeness (QED) is 0.825. The zero-order valence-electron chi connectivity index (χ0n) is 11.2. The molecule has 0 radical (unpaired) electrons. The maximum Gasteiger partial charge on any atom is 0.276 e. The molecule has 0 unspecified atom stereocenters. The van der Waals surface area contributed by atoms with Crippen LogP contribution in [0.2, 0.25) is 0 Å². The first-order chi connectivity index (χ1) is 8.41. The van der Waals surface area contributed by atoms with Gasteiger partial charge in [-0.1, -0.05) is 13.8 Å². The number of hydrogen-bond acceptors (Lipinski definition) is 4. The number of pyridine rings is 1. The Kier molecular flexibility index (Phi) is 4.67. The fraction of sp³-hybridized carbons (Fsp3) is 0.538. The number of aromatic hydroxyl groups is 1. The Balaban J connectivity index is 2.90. The molecule has 0 aromatic carbocycles. The average Bonchev–Trinajstić information content (AvgIpc) is 2.36. The Morgan fingerprint density at radius 3 is 2.72 bits per heavy atom. The minimum absolute atomic E-state index is 0.0900. The summed E-state index contributed by atoms with van der Waals surface area (Å²) in [5, 5.41) is 9.65. The first-order valence-electron chi connectivity index (χ1n) is 6.04. The van der Waals surface area contributed by atoms with Crippen LogP contribution in [-0.4, -0.2) is 40.5 Å². The van der Waals surface area contributed by atoms with Crippen molar-refractivity contribution in [1.82, 2.24) is 9.88 Å². The highest BCUT2D eigenvalue weighted by atomic mass is 16.3.